The van der Waals surface area contributed by atoms with Crippen molar-refractivity contribution in [3.05, 3.63) is 59.2 Å². The first-order valence-corrected chi connectivity index (χ1v) is 10.5. The van der Waals surface area contributed by atoms with Crippen LogP contribution in [0, 0.1) is 0 Å². The van der Waals surface area contributed by atoms with Gasteiger partial charge in [-0.1, -0.05) is 30.3 Å². The monoisotopic (exact) mass is 411 g/mol. The van der Waals surface area contributed by atoms with Crippen LogP contribution >= 0.6 is 11.3 Å². The van der Waals surface area contributed by atoms with Gasteiger partial charge in [-0.3, -0.25) is 14.5 Å². The molecule has 29 heavy (non-hydrogen) atoms. The zero-order chi connectivity index (χ0) is 20.5. The van der Waals surface area contributed by atoms with Crippen molar-refractivity contribution in [3.8, 4) is 0 Å². The number of thiazole rings is 1. The lowest BCUT2D eigenvalue weighted by molar-refractivity contribution is -0.127. The van der Waals surface area contributed by atoms with E-state index >= 15 is 0 Å². The first kappa shape index (κ1) is 19.6. The quantitative estimate of drug-likeness (QED) is 0.676. The SMILES string of the molecule is CN(C(=O)c1cnn2ccsc12)C1CC(NC(=O)[C@@H](c2ccccc2)N(C)C)C1. The van der Waals surface area contributed by atoms with Crippen molar-refractivity contribution in [3.63, 3.8) is 0 Å². The summed E-state index contributed by atoms with van der Waals surface area (Å²) >= 11 is 1.51. The molecule has 2 aromatic heterocycles. The molecule has 1 aromatic carbocycles. The van der Waals surface area contributed by atoms with Crippen LogP contribution in [-0.4, -0.2) is 64.5 Å². The van der Waals surface area contributed by atoms with Gasteiger partial charge in [0.2, 0.25) is 5.91 Å². The number of nitrogens with zero attached hydrogens (tertiary/aromatic N) is 4. The third-order valence-corrected chi connectivity index (χ3v) is 6.46. The number of hydrogen-bond acceptors (Lipinski definition) is 5. The molecular weight excluding hydrogens is 386 g/mol. The van der Waals surface area contributed by atoms with Gasteiger partial charge >= 0.3 is 0 Å². The van der Waals surface area contributed by atoms with Gasteiger partial charge in [0.25, 0.3) is 5.91 Å². The van der Waals surface area contributed by atoms with Gasteiger partial charge in [-0.2, -0.15) is 5.10 Å². The minimum Gasteiger partial charge on any atom is -0.352 e. The molecule has 1 N–H and O–H groups in total. The van der Waals surface area contributed by atoms with Crippen molar-refractivity contribution in [2.24, 2.45) is 0 Å². The van der Waals surface area contributed by atoms with E-state index in [-0.39, 0.29) is 29.9 Å². The summed E-state index contributed by atoms with van der Waals surface area (Å²) in [7, 11) is 5.64. The summed E-state index contributed by atoms with van der Waals surface area (Å²) in [6, 6.07) is 9.66. The molecule has 0 radical (unpaired) electrons. The minimum absolute atomic E-state index is 0.00411. The molecule has 152 valence electrons. The minimum atomic E-state index is -0.325. The van der Waals surface area contributed by atoms with Crippen molar-refractivity contribution in [2.75, 3.05) is 21.1 Å². The Morgan fingerprint density at radius 1 is 1.21 bits per heavy atom. The number of benzene rings is 1. The molecule has 1 aliphatic rings. The van der Waals surface area contributed by atoms with E-state index in [1.165, 1.54) is 11.3 Å². The van der Waals surface area contributed by atoms with Crippen molar-refractivity contribution >= 4 is 28.0 Å². The highest BCUT2D eigenvalue weighted by molar-refractivity contribution is 7.15. The fourth-order valence-electron chi connectivity index (χ4n) is 3.85. The highest BCUT2D eigenvalue weighted by Gasteiger charge is 2.37. The van der Waals surface area contributed by atoms with E-state index in [9.17, 15) is 9.59 Å². The number of rotatable bonds is 6. The van der Waals surface area contributed by atoms with Gasteiger partial charge in [0.1, 0.15) is 10.9 Å². The van der Waals surface area contributed by atoms with Crippen LogP contribution in [0.25, 0.3) is 4.83 Å². The molecule has 1 aliphatic carbocycles. The van der Waals surface area contributed by atoms with E-state index < -0.39 is 0 Å². The molecule has 0 unspecified atom stereocenters. The van der Waals surface area contributed by atoms with Gasteiger partial charge in [0.05, 0.1) is 11.8 Å². The smallest absolute Gasteiger partial charge is 0.258 e. The van der Waals surface area contributed by atoms with Crippen LogP contribution in [0.2, 0.25) is 0 Å². The molecule has 2 amide bonds. The highest BCUT2D eigenvalue weighted by atomic mass is 32.1. The molecule has 1 saturated carbocycles. The van der Waals surface area contributed by atoms with Crippen molar-refractivity contribution in [1.29, 1.82) is 0 Å². The first-order chi connectivity index (χ1) is 14.0. The van der Waals surface area contributed by atoms with E-state index in [1.54, 1.807) is 15.6 Å². The van der Waals surface area contributed by atoms with E-state index in [0.717, 1.165) is 23.2 Å². The molecule has 1 atom stereocenters. The van der Waals surface area contributed by atoms with Crippen LogP contribution in [0.4, 0.5) is 0 Å². The predicted molar refractivity (Wildman–Crippen MR) is 113 cm³/mol. The summed E-state index contributed by atoms with van der Waals surface area (Å²) in [6.45, 7) is 0. The molecular formula is C21H25N5O2S. The summed E-state index contributed by atoms with van der Waals surface area (Å²) in [5.41, 5.74) is 1.60. The number of fused-ring (bicyclic) bond motifs is 1. The largest absolute Gasteiger partial charge is 0.352 e. The van der Waals surface area contributed by atoms with Crippen LogP contribution in [0.1, 0.15) is 34.8 Å². The van der Waals surface area contributed by atoms with E-state index in [1.807, 2.05) is 68.0 Å². The lowest BCUT2D eigenvalue weighted by atomic mass is 9.85. The Balaban J connectivity index is 1.35. The van der Waals surface area contributed by atoms with Crippen molar-refractivity contribution < 1.29 is 9.59 Å². The van der Waals surface area contributed by atoms with Gasteiger partial charge in [0.15, 0.2) is 0 Å². The average molecular weight is 412 g/mol. The van der Waals surface area contributed by atoms with E-state index in [2.05, 4.69) is 10.4 Å². The van der Waals surface area contributed by atoms with Crippen LogP contribution in [0.15, 0.2) is 48.1 Å². The molecule has 0 bridgehead atoms. The third-order valence-electron chi connectivity index (χ3n) is 5.57. The summed E-state index contributed by atoms with van der Waals surface area (Å²) in [5, 5.41) is 9.29. The number of nitrogens with one attached hydrogen (secondary N) is 1. The molecule has 1 fully saturated rings. The normalized spacial score (nSPS) is 19.7. The Morgan fingerprint density at radius 3 is 2.62 bits per heavy atom. The Bertz CT molecular complexity index is 1010. The van der Waals surface area contributed by atoms with Gasteiger partial charge < -0.3 is 10.2 Å². The van der Waals surface area contributed by atoms with Crippen LogP contribution in [-0.2, 0) is 4.79 Å². The molecule has 2 heterocycles. The highest BCUT2D eigenvalue weighted by Crippen LogP contribution is 2.28. The lowest BCUT2D eigenvalue weighted by Gasteiger charge is -2.42. The number of carbonyl (C=O) groups is 2. The second kappa shape index (κ2) is 7.96. The van der Waals surface area contributed by atoms with Gasteiger partial charge in [-0.05, 0) is 32.5 Å². The van der Waals surface area contributed by atoms with Crippen molar-refractivity contribution in [1.82, 2.24) is 24.7 Å². The molecule has 0 aliphatic heterocycles. The number of hydrogen-bond donors (Lipinski definition) is 1. The number of likely N-dealkylation sites (N-methyl/N-ethyl adjacent to an activating group) is 1. The Kier molecular flexibility index (Phi) is 5.38. The Morgan fingerprint density at radius 2 is 1.93 bits per heavy atom. The number of aromatic nitrogens is 2. The second-order valence-corrected chi connectivity index (χ2v) is 8.63. The number of carbonyl (C=O) groups excluding carboxylic acids is 2. The topological polar surface area (TPSA) is 70.0 Å². The van der Waals surface area contributed by atoms with Crippen LogP contribution in [0.3, 0.4) is 0 Å². The Labute approximate surface area is 173 Å². The summed E-state index contributed by atoms with van der Waals surface area (Å²) in [4.78, 5) is 30.3. The summed E-state index contributed by atoms with van der Waals surface area (Å²) in [6.07, 6.45) is 5.00. The van der Waals surface area contributed by atoms with E-state index in [4.69, 9.17) is 0 Å². The maximum atomic E-state index is 12.9. The molecule has 8 heteroatoms. The standard InChI is InChI=1S/C21H25N5O2S/c1-24(2)18(14-7-5-4-6-8-14)19(27)23-15-11-16(12-15)25(3)20(28)17-13-22-26-9-10-29-21(17)26/h4-10,13,15-16,18H,11-12H2,1-3H3,(H,23,27)/t15?,16?,18-/m1/s1. The fraction of sp³-hybridized carbons (Fsp3) is 0.381. The fourth-order valence-corrected chi connectivity index (χ4v) is 4.64. The zero-order valence-electron chi connectivity index (χ0n) is 16.8. The predicted octanol–water partition coefficient (Wildman–Crippen LogP) is 2.42. The molecule has 0 spiro atoms. The first-order valence-electron chi connectivity index (χ1n) is 9.65. The number of amides is 2. The second-order valence-electron chi connectivity index (χ2n) is 7.73. The zero-order valence-corrected chi connectivity index (χ0v) is 17.6. The molecule has 0 saturated heterocycles. The van der Waals surface area contributed by atoms with Crippen LogP contribution < -0.4 is 5.32 Å². The maximum absolute atomic E-state index is 12.9. The van der Waals surface area contributed by atoms with Gasteiger partial charge in [0, 0.05) is 30.7 Å². The summed E-state index contributed by atoms with van der Waals surface area (Å²) < 4.78 is 1.72. The molecule has 7 nitrogen and oxygen atoms in total. The maximum Gasteiger partial charge on any atom is 0.258 e. The van der Waals surface area contributed by atoms with Gasteiger partial charge in [-0.25, -0.2) is 4.52 Å². The third kappa shape index (κ3) is 3.77. The van der Waals surface area contributed by atoms with Crippen molar-refractivity contribution in [2.45, 2.75) is 31.0 Å². The Hall–Kier alpha value is -2.71. The van der Waals surface area contributed by atoms with Crippen LogP contribution in [0.5, 0.6) is 0 Å². The molecule has 3 aromatic rings. The van der Waals surface area contributed by atoms with E-state index in [0.29, 0.717) is 5.56 Å². The molecule has 4 rings (SSSR count). The average Bonchev–Trinajstić information content (AvgIpc) is 3.27. The lowest BCUT2D eigenvalue weighted by Crippen LogP contribution is -2.55. The van der Waals surface area contributed by atoms with Gasteiger partial charge in [-0.15, -0.1) is 11.3 Å². The summed E-state index contributed by atoms with van der Waals surface area (Å²) in [5.74, 6) is -0.0248.